The van der Waals surface area contributed by atoms with Crippen molar-refractivity contribution in [1.82, 2.24) is 9.55 Å². The normalized spacial score (nSPS) is 11.0. The molecule has 2 aromatic heterocycles. The summed E-state index contributed by atoms with van der Waals surface area (Å²) in [6, 6.07) is 14.3. The van der Waals surface area contributed by atoms with Crippen molar-refractivity contribution in [3.8, 4) is 0 Å². The maximum Gasteiger partial charge on any atom is 0.140 e. The summed E-state index contributed by atoms with van der Waals surface area (Å²) >= 11 is 0. The Morgan fingerprint density at radius 1 is 1.05 bits per heavy atom. The summed E-state index contributed by atoms with van der Waals surface area (Å²) < 4.78 is 2.12. The highest BCUT2D eigenvalue weighted by molar-refractivity contribution is 5.80. The predicted molar refractivity (Wildman–Crippen MR) is 75.8 cm³/mol. The molecule has 0 fully saturated rings. The molecule has 2 heterocycles. The highest BCUT2D eigenvalue weighted by Crippen LogP contribution is 2.19. The summed E-state index contributed by atoms with van der Waals surface area (Å²) in [5, 5.41) is 10.4. The Balaban J connectivity index is 1.89. The molecular formula is C16H16N2O. The minimum Gasteiger partial charge on any atom is -0.392 e. The number of fused-ring (bicyclic) bond motifs is 1. The van der Waals surface area contributed by atoms with Crippen LogP contribution in [0.4, 0.5) is 0 Å². The van der Waals surface area contributed by atoms with Crippen LogP contribution in [0.5, 0.6) is 0 Å². The molecule has 0 unspecified atom stereocenters. The molecule has 0 aliphatic heterocycles. The minimum atomic E-state index is 0.0561. The lowest BCUT2D eigenvalue weighted by atomic mass is 10.1. The van der Waals surface area contributed by atoms with Gasteiger partial charge in [0.15, 0.2) is 0 Å². The molecule has 1 N–H and O–H groups in total. The number of nitrogens with zero attached hydrogens (tertiary/aromatic N) is 2. The van der Waals surface area contributed by atoms with Gasteiger partial charge in [-0.25, -0.2) is 4.98 Å². The van der Waals surface area contributed by atoms with E-state index in [1.165, 1.54) is 5.56 Å². The maximum absolute atomic E-state index is 9.39. The number of hydrogen-bond donors (Lipinski definition) is 1. The van der Waals surface area contributed by atoms with E-state index in [2.05, 4.69) is 33.8 Å². The molecular weight excluding hydrogens is 236 g/mol. The van der Waals surface area contributed by atoms with Gasteiger partial charge >= 0.3 is 0 Å². The molecule has 0 atom stereocenters. The summed E-state index contributed by atoms with van der Waals surface area (Å²) in [6.07, 6.45) is 4.76. The molecule has 96 valence electrons. The van der Waals surface area contributed by atoms with E-state index in [4.69, 9.17) is 0 Å². The molecule has 0 saturated carbocycles. The molecule has 0 saturated heterocycles. The topological polar surface area (TPSA) is 38.0 Å². The van der Waals surface area contributed by atoms with Gasteiger partial charge in [0.1, 0.15) is 5.65 Å². The lowest BCUT2D eigenvalue weighted by molar-refractivity contribution is 0.283. The fourth-order valence-corrected chi connectivity index (χ4v) is 2.39. The lowest BCUT2D eigenvalue weighted by Gasteiger charge is -2.04. The van der Waals surface area contributed by atoms with Crippen LogP contribution in [0.1, 0.15) is 11.1 Å². The van der Waals surface area contributed by atoms with E-state index in [0.717, 1.165) is 29.6 Å². The molecule has 0 spiro atoms. The summed E-state index contributed by atoms with van der Waals surface area (Å²) in [6.45, 7) is 0.929. The molecule has 0 aliphatic rings. The second-order valence-electron chi connectivity index (χ2n) is 4.62. The molecule has 3 heteroatoms. The highest BCUT2D eigenvalue weighted by Gasteiger charge is 2.08. The smallest absolute Gasteiger partial charge is 0.140 e. The fourth-order valence-electron chi connectivity index (χ4n) is 2.39. The number of aryl methyl sites for hydroxylation is 2. The van der Waals surface area contributed by atoms with Crippen molar-refractivity contribution in [1.29, 1.82) is 0 Å². The van der Waals surface area contributed by atoms with Crippen molar-refractivity contribution in [3.63, 3.8) is 0 Å². The highest BCUT2D eigenvalue weighted by atomic mass is 16.3. The first-order valence-electron chi connectivity index (χ1n) is 6.46. The van der Waals surface area contributed by atoms with Crippen molar-refractivity contribution in [2.75, 3.05) is 0 Å². The van der Waals surface area contributed by atoms with Crippen molar-refractivity contribution in [3.05, 3.63) is 66.0 Å². The van der Waals surface area contributed by atoms with E-state index in [0.29, 0.717) is 0 Å². The SMILES string of the molecule is OCc1cn(CCc2ccccc2)c2ncccc12. The van der Waals surface area contributed by atoms with E-state index in [1.54, 1.807) is 6.20 Å². The van der Waals surface area contributed by atoms with Gasteiger partial charge in [-0.3, -0.25) is 0 Å². The zero-order chi connectivity index (χ0) is 13.1. The third-order valence-corrected chi connectivity index (χ3v) is 3.37. The molecule has 0 amide bonds. The van der Waals surface area contributed by atoms with E-state index < -0.39 is 0 Å². The van der Waals surface area contributed by atoms with E-state index in [9.17, 15) is 5.11 Å². The summed E-state index contributed by atoms with van der Waals surface area (Å²) in [4.78, 5) is 4.41. The van der Waals surface area contributed by atoms with Crippen LogP contribution in [0.2, 0.25) is 0 Å². The molecule has 3 rings (SSSR count). The lowest BCUT2D eigenvalue weighted by Crippen LogP contribution is -2.00. The van der Waals surface area contributed by atoms with Crippen molar-refractivity contribution in [2.24, 2.45) is 0 Å². The van der Waals surface area contributed by atoms with Crippen LogP contribution < -0.4 is 0 Å². The van der Waals surface area contributed by atoms with Gasteiger partial charge in [-0.2, -0.15) is 0 Å². The molecule has 1 aromatic carbocycles. The third kappa shape index (κ3) is 2.37. The molecule has 0 aliphatic carbocycles. The number of hydrogen-bond acceptors (Lipinski definition) is 2. The monoisotopic (exact) mass is 252 g/mol. The van der Waals surface area contributed by atoms with Crippen LogP contribution in [-0.4, -0.2) is 14.7 Å². The van der Waals surface area contributed by atoms with Crippen LogP contribution in [0.25, 0.3) is 11.0 Å². The van der Waals surface area contributed by atoms with Crippen molar-refractivity contribution in [2.45, 2.75) is 19.6 Å². The Morgan fingerprint density at radius 2 is 1.89 bits per heavy atom. The molecule has 0 bridgehead atoms. The van der Waals surface area contributed by atoms with Gasteiger partial charge < -0.3 is 9.67 Å². The van der Waals surface area contributed by atoms with Crippen LogP contribution in [-0.2, 0) is 19.6 Å². The number of benzene rings is 1. The zero-order valence-electron chi connectivity index (χ0n) is 10.7. The van der Waals surface area contributed by atoms with Gasteiger partial charge in [0.2, 0.25) is 0 Å². The van der Waals surface area contributed by atoms with Gasteiger partial charge in [-0.1, -0.05) is 30.3 Å². The molecule has 3 nitrogen and oxygen atoms in total. The second-order valence-corrected chi connectivity index (χ2v) is 4.62. The fraction of sp³-hybridized carbons (Fsp3) is 0.188. The molecule has 19 heavy (non-hydrogen) atoms. The Morgan fingerprint density at radius 3 is 2.68 bits per heavy atom. The van der Waals surface area contributed by atoms with Crippen LogP contribution >= 0.6 is 0 Å². The number of rotatable bonds is 4. The minimum absolute atomic E-state index is 0.0561. The second kappa shape index (κ2) is 5.24. The van der Waals surface area contributed by atoms with Crippen LogP contribution in [0.3, 0.4) is 0 Å². The molecule has 0 radical (unpaired) electrons. The summed E-state index contributed by atoms with van der Waals surface area (Å²) in [5.41, 5.74) is 3.20. The standard InChI is InChI=1S/C16H16N2O/c19-12-14-11-18(16-15(14)7-4-9-17-16)10-8-13-5-2-1-3-6-13/h1-7,9,11,19H,8,10,12H2. The van der Waals surface area contributed by atoms with Crippen LogP contribution in [0.15, 0.2) is 54.9 Å². The van der Waals surface area contributed by atoms with Gasteiger partial charge in [0.05, 0.1) is 6.61 Å². The van der Waals surface area contributed by atoms with Gasteiger partial charge in [-0.15, -0.1) is 0 Å². The van der Waals surface area contributed by atoms with Gasteiger partial charge in [0, 0.05) is 29.9 Å². The first-order valence-corrected chi connectivity index (χ1v) is 6.46. The first kappa shape index (κ1) is 11.9. The van der Waals surface area contributed by atoms with E-state index in [-0.39, 0.29) is 6.61 Å². The average molecular weight is 252 g/mol. The third-order valence-electron chi connectivity index (χ3n) is 3.37. The van der Waals surface area contributed by atoms with Crippen molar-refractivity contribution < 1.29 is 5.11 Å². The summed E-state index contributed by atoms with van der Waals surface area (Å²) in [7, 11) is 0. The Bertz CT molecular complexity index is 674. The largest absolute Gasteiger partial charge is 0.392 e. The molecule has 3 aromatic rings. The van der Waals surface area contributed by atoms with Crippen molar-refractivity contribution >= 4 is 11.0 Å². The first-order chi connectivity index (χ1) is 9.38. The Hall–Kier alpha value is -2.13. The summed E-state index contributed by atoms with van der Waals surface area (Å²) in [5.74, 6) is 0. The average Bonchev–Trinajstić information content (AvgIpc) is 2.84. The number of aromatic nitrogens is 2. The van der Waals surface area contributed by atoms with Crippen LogP contribution in [0, 0.1) is 0 Å². The van der Waals surface area contributed by atoms with Gasteiger partial charge in [-0.05, 0) is 24.1 Å². The number of aliphatic hydroxyl groups excluding tert-OH is 1. The van der Waals surface area contributed by atoms with E-state index in [1.807, 2.05) is 24.4 Å². The van der Waals surface area contributed by atoms with E-state index >= 15 is 0 Å². The quantitative estimate of drug-likeness (QED) is 0.775. The number of aliphatic hydroxyl groups is 1. The van der Waals surface area contributed by atoms with Gasteiger partial charge in [0.25, 0.3) is 0 Å². The number of pyridine rings is 1. The predicted octanol–water partition coefficient (Wildman–Crippen LogP) is 2.77. The Labute approximate surface area is 112 Å². The zero-order valence-corrected chi connectivity index (χ0v) is 10.7. The Kier molecular flexibility index (Phi) is 3.29. The maximum atomic E-state index is 9.39.